The number of ether oxygens (including phenoxy) is 1. The zero-order valence-corrected chi connectivity index (χ0v) is 22.4. The molecule has 2 heterocycles. The van der Waals surface area contributed by atoms with Crippen molar-refractivity contribution in [2.24, 2.45) is 0 Å². The number of nitrogens with one attached hydrogen (secondary N) is 1. The summed E-state index contributed by atoms with van der Waals surface area (Å²) in [4.78, 5) is 27.2. The highest BCUT2D eigenvalue weighted by molar-refractivity contribution is 8.26. The van der Waals surface area contributed by atoms with Crippen LogP contribution in [-0.4, -0.2) is 44.9 Å². The lowest BCUT2D eigenvalue weighted by atomic mass is 10.2. The Labute approximate surface area is 225 Å². The second-order valence-electron chi connectivity index (χ2n) is 7.55. The summed E-state index contributed by atoms with van der Waals surface area (Å²) in [7, 11) is 1.60. The van der Waals surface area contributed by atoms with Crippen LogP contribution < -0.4 is 10.1 Å². The van der Waals surface area contributed by atoms with Crippen LogP contribution in [0.2, 0.25) is 0 Å². The molecule has 4 rings (SSSR count). The van der Waals surface area contributed by atoms with Crippen LogP contribution in [0.4, 0.5) is 9.52 Å². The number of thioether (sulfide) groups is 2. The van der Waals surface area contributed by atoms with Gasteiger partial charge in [-0.3, -0.25) is 14.5 Å². The van der Waals surface area contributed by atoms with Crippen LogP contribution in [0.5, 0.6) is 5.75 Å². The van der Waals surface area contributed by atoms with Crippen LogP contribution in [0.15, 0.2) is 57.8 Å². The molecule has 2 aromatic carbocycles. The average Bonchev–Trinajstić information content (AvgIpc) is 3.43. The number of amides is 2. The highest BCUT2D eigenvalue weighted by Crippen LogP contribution is 2.33. The molecular weight excluding hydrogens is 540 g/mol. The number of benzene rings is 2. The first-order valence-electron chi connectivity index (χ1n) is 10.8. The Bertz CT molecular complexity index is 1280. The van der Waals surface area contributed by atoms with Crippen molar-refractivity contribution in [3.05, 3.63) is 70.4 Å². The van der Waals surface area contributed by atoms with Crippen LogP contribution in [0, 0.1) is 5.82 Å². The van der Waals surface area contributed by atoms with Crippen molar-refractivity contribution in [3.8, 4) is 5.75 Å². The summed E-state index contributed by atoms with van der Waals surface area (Å²) >= 11 is 9.37. The van der Waals surface area contributed by atoms with Crippen molar-refractivity contribution in [1.82, 2.24) is 15.1 Å². The molecule has 1 N–H and O–H groups in total. The van der Waals surface area contributed by atoms with Gasteiger partial charge in [-0.05, 0) is 47.9 Å². The molecule has 7 nitrogen and oxygen atoms in total. The van der Waals surface area contributed by atoms with E-state index in [0.29, 0.717) is 37.4 Å². The molecule has 0 radical (unpaired) electrons. The maximum Gasteiger partial charge on any atom is 0.266 e. The summed E-state index contributed by atoms with van der Waals surface area (Å²) in [6.07, 6.45) is 2.47. The van der Waals surface area contributed by atoms with Gasteiger partial charge in [0.05, 0.1) is 12.0 Å². The monoisotopic (exact) mass is 560 g/mol. The van der Waals surface area contributed by atoms with E-state index in [2.05, 4.69) is 15.5 Å². The topological polar surface area (TPSA) is 84.4 Å². The van der Waals surface area contributed by atoms with Crippen molar-refractivity contribution >= 4 is 74.4 Å². The summed E-state index contributed by atoms with van der Waals surface area (Å²) in [5, 5.41) is 11.2. The van der Waals surface area contributed by atoms with Crippen LogP contribution >= 0.6 is 47.1 Å². The van der Waals surface area contributed by atoms with E-state index in [0.717, 1.165) is 16.9 Å². The van der Waals surface area contributed by atoms with Crippen LogP contribution in [-0.2, 0) is 15.3 Å². The minimum Gasteiger partial charge on any atom is -0.497 e. The number of hydrogen-bond donors (Lipinski definition) is 1. The van der Waals surface area contributed by atoms with Gasteiger partial charge < -0.3 is 10.1 Å². The molecule has 36 heavy (non-hydrogen) atoms. The molecule has 186 valence electrons. The van der Waals surface area contributed by atoms with Crippen LogP contribution in [0.3, 0.4) is 0 Å². The van der Waals surface area contributed by atoms with E-state index in [-0.39, 0.29) is 24.1 Å². The van der Waals surface area contributed by atoms with Gasteiger partial charge in [0.2, 0.25) is 11.0 Å². The Morgan fingerprint density at radius 3 is 2.67 bits per heavy atom. The van der Waals surface area contributed by atoms with Gasteiger partial charge in [0, 0.05) is 18.7 Å². The number of hydrogen-bond acceptors (Lipinski definition) is 9. The van der Waals surface area contributed by atoms with Gasteiger partial charge in [0.1, 0.15) is 15.9 Å². The molecule has 0 bridgehead atoms. The number of methoxy groups -OCH3 is 1. The van der Waals surface area contributed by atoms with Gasteiger partial charge in [-0.2, -0.15) is 0 Å². The van der Waals surface area contributed by atoms with Gasteiger partial charge >= 0.3 is 0 Å². The molecule has 1 aliphatic rings. The van der Waals surface area contributed by atoms with Crippen LogP contribution in [0.25, 0.3) is 6.08 Å². The zero-order chi connectivity index (χ0) is 25.5. The van der Waals surface area contributed by atoms with Crippen molar-refractivity contribution in [2.45, 2.75) is 22.9 Å². The van der Waals surface area contributed by atoms with Crippen molar-refractivity contribution in [1.29, 1.82) is 0 Å². The fourth-order valence-electron chi connectivity index (χ4n) is 3.17. The first kappa shape index (κ1) is 26.3. The first-order valence-corrected chi connectivity index (χ1v) is 13.8. The molecule has 12 heteroatoms. The largest absolute Gasteiger partial charge is 0.497 e. The highest BCUT2D eigenvalue weighted by Gasteiger charge is 2.31. The molecule has 0 aliphatic carbocycles. The number of aromatic nitrogens is 2. The molecule has 1 aliphatic heterocycles. The third kappa shape index (κ3) is 7.12. The maximum absolute atomic E-state index is 13.0. The number of carbonyl (C=O) groups is 2. The SMILES string of the molecule is COc1ccc(/C=C2\SC(=S)N(CCCC(=O)Nc3nnc(SCc4ccc(F)cc4)s3)C2=O)cc1. The first-order chi connectivity index (χ1) is 17.4. The van der Waals surface area contributed by atoms with E-state index in [4.69, 9.17) is 17.0 Å². The standard InChI is InChI=1S/C24H21FN4O3S4/c1-32-18-10-6-15(7-11-18)13-19-21(31)29(24(33)35-19)12-2-3-20(30)26-22-27-28-23(36-22)34-14-16-4-8-17(25)9-5-16/h4-11,13H,2-3,12,14H2,1H3,(H,26,27,30)/b19-13-. The summed E-state index contributed by atoms with van der Waals surface area (Å²) in [5.41, 5.74) is 1.85. The third-order valence-electron chi connectivity index (χ3n) is 5.00. The lowest BCUT2D eigenvalue weighted by Crippen LogP contribution is -2.29. The molecular formula is C24H21FN4O3S4. The molecule has 0 spiro atoms. The number of halogens is 1. The minimum absolute atomic E-state index is 0.159. The molecule has 0 saturated carbocycles. The van der Waals surface area contributed by atoms with Gasteiger partial charge in [-0.25, -0.2) is 4.39 Å². The average molecular weight is 561 g/mol. The number of rotatable bonds is 10. The predicted octanol–water partition coefficient (Wildman–Crippen LogP) is 5.60. The molecule has 3 aromatic rings. The predicted molar refractivity (Wildman–Crippen MR) is 147 cm³/mol. The fourth-order valence-corrected chi connectivity index (χ4v) is 6.20. The van der Waals surface area contributed by atoms with Gasteiger partial charge in [0.25, 0.3) is 5.91 Å². The molecule has 1 fully saturated rings. The zero-order valence-electron chi connectivity index (χ0n) is 19.1. The van der Waals surface area contributed by atoms with E-state index < -0.39 is 0 Å². The van der Waals surface area contributed by atoms with E-state index in [1.807, 2.05) is 24.3 Å². The van der Waals surface area contributed by atoms with E-state index in [1.165, 1.54) is 51.9 Å². The Kier molecular flexibility index (Phi) is 9.08. The van der Waals surface area contributed by atoms with E-state index in [1.54, 1.807) is 25.3 Å². The quantitative estimate of drug-likeness (QED) is 0.149. The Hall–Kier alpha value is -2.80. The summed E-state index contributed by atoms with van der Waals surface area (Å²) in [6.45, 7) is 0.354. The Balaban J connectivity index is 1.22. The number of thiocarbonyl (C=S) groups is 1. The smallest absolute Gasteiger partial charge is 0.266 e. The Morgan fingerprint density at radius 2 is 1.94 bits per heavy atom. The summed E-state index contributed by atoms with van der Waals surface area (Å²) in [6, 6.07) is 13.7. The summed E-state index contributed by atoms with van der Waals surface area (Å²) in [5.74, 6) is 0.726. The van der Waals surface area contributed by atoms with E-state index >= 15 is 0 Å². The Morgan fingerprint density at radius 1 is 1.19 bits per heavy atom. The summed E-state index contributed by atoms with van der Waals surface area (Å²) < 4.78 is 19.3. The van der Waals surface area contributed by atoms with Gasteiger partial charge in [-0.1, -0.05) is 71.3 Å². The van der Waals surface area contributed by atoms with Crippen molar-refractivity contribution in [2.75, 3.05) is 19.0 Å². The highest BCUT2D eigenvalue weighted by atomic mass is 32.2. The normalized spacial score (nSPS) is 14.5. The lowest BCUT2D eigenvalue weighted by molar-refractivity contribution is -0.122. The molecule has 2 amide bonds. The molecule has 1 saturated heterocycles. The van der Waals surface area contributed by atoms with Crippen molar-refractivity contribution < 1.29 is 18.7 Å². The number of carbonyl (C=O) groups excluding carboxylic acids is 2. The third-order valence-corrected chi connectivity index (χ3v) is 8.42. The number of anilines is 1. The van der Waals surface area contributed by atoms with Gasteiger partial charge in [0.15, 0.2) is 4.34 Å². The molecule has 1 aromatic heterocycles. The van der Waals surface area contributed by atoms with Crippen LogP contribution in [0.1, 0.15) is 24.0 Å². The van der Waals surface area contributed by atoms with E-state index in [9.17, 15) is 14.0 Å². The second kappa shape index (κ2) is 12.4. The maximum atomic E-state index is 13.0. The second-order valence-corrected chi connectivity index (χ2v) is 11.4. The van der Waals surface area contributed by atoms with Gasteiger partial charge in [-0.15, -0.1) is 10.2 Å². The van der Waals surface area contributed by atoms with Crippen molar-refractivity contribution in [3.63, 3.8) is 0 Å². The number of nitrogens with zero attached hydrogens (tertiary/aromatic N) is 3. The molecule has 0 unspecified atom stereocenters. The lowest BCUT2D eigenvalue weighted by Gasteiger charge is -2.13. The molecule has 0 atom stereocenters. The fraction of sp³-hybridized carbons (Fsp3) is 0.208. The minimum atomic E-state index is -0.273.